The Morgan fingerprint density at radius 3 is 2.74 bits per heavy atom. The molecule has 0 aliphatic carbocycles. The Bertz CT molecular complexity index is 618. The minimum atomic E-state index is -3.78. The SMILES string of the molecule is CN1CCC(NS(=O)(=O)c2cc(N)ccc2Br)C1=O. The highest BCUT2D eigenvalue weighted by Gasteiger charge is 2.33. The minimum absolute atomic E-state index is 0.0369. The van der Waals surface area contributed by atoms with Gasteiger partial charge in [-0.25, -0.2) is 8.42 Å². The molecular formula is C11H14BrN3O3S. The lowest BCUT2D eigenvalue weighted by atomic mass is 10.3. The van der Waals surface area contributed by atoms with Crippen molar-refractivity contribution >= 4 is 37.5 Å². The quantitative estimate of drug-likeness (QED) is 0.780. The number of likely N-dealkylation sites (N-methyl/N-ethyl adjacent to an activating group) is 1. The van der Waals surface area contributed by atoms with Crippen molar-refractivity contribution < 1.29 is 13.2 Å². The predicted octanol–water partition coefficient (Wildman–Crippen LogP) is 0.540. The van der Waals surface area contributed by atoms with E-state index in [1.807, 2.05) is 0 Å². The predicted molar refractivity (Wildman–Crippen MR) is 74.9 cm³/mol. The topological polar surface area (TPSA) is 92.5 Å². The van der Waals surface area contributed by atoms with Crippen LogP contribution in [0.5, 0.6) is 0 Å². The lowest BCUT2D eigenvalue weighted by molar-refractivity contribution is -0.127. The smallest absolute Gasteiger partial charge is 0.242 e. The van der Waals surface area contributed by atoms with Crippen LogP contribution < -0.4 is 10.5 Å². The largest absolute Gasteiger partial charge is 0.399 e. The molecule has 1 aliphatic heterocycles. The summed E-state index contributed by atoms with van der Waals surface area (Å²) in [7, 11) is -2.13. The van der Waals surface area contributed by atoms with Crippen molar-refractivity contribution in [2.24, 2.45) is 0 Å². The first-order valence-corrected chi connectivity index (χ1v) is 7.91. The van der Waals surface area contributed by atoms with Crippen molar-refractivity contribution in [3.05, 3.63) is 22.7 Å². The zero-order valence-electron chi connectivity index (χ0n) is 10.3. The van der Waals surface area contributed by atoms with Crippen LogP contribution in [0.3, 0.4) is 0 Å². The van der Waals surface area contributed by atoms with Crippen LogP contribution in [0.4, 0.5) is 5.69 Å². The highest BCUT2D eigenvalue weighted by Crippen LogP contribution is 2.25. The van der Waals surface area contributed by atoms with Crippen LogP contribution in [-0.2, 0) is 14.8 Å². The number of nitrogens with one attached hydrogen (secondary N) is 1. The van der Waals surface area contributed by atoms with Crippen LogP contribution in [0.1, 0.15) is 6.42 Å². The molecule has 1 amide bonds. The molecule has 0 saturated carbocycles. The third kappa shape index (κ3) is 2.90. The number of hydrogen-bond donors (Lipinski definition) is 2. The first kappa shape index (κ1) is 14.3. The van der Waals surface area contributed by atoms with Crippen molar-refractivity contribution in [1.82, 2.24) is 9.62 Å². The van der Waals surface area contributed by atoms with Gasteiger partial charge >= 0.3 is 0 Å². The summed E-state index contributed by atoms with van der Waals surface area (Å²) in [6, 6.07) is 3.81. The minimum Gasteiger partial charge on any atom is -0.399 e. The maximum absolute atomic E-state index is 12.2. The molecule has 1 heterocycles. The van der Waals surface area contributed by atoms with Gasteiger partial charge in [-0.05, 0) is 40.5 Å². The fourth-order valence-corrected chi connectivity index (χ4v) is 4.13. The molecule has 0 spiro atoms. The van der Waals surface area contributed by atoms with Gasteiger partial charge in [0.1, 0.15) is 6.04 Å². The van der Waals surface area contributed by atoms with Gasteiger partial charge in [0.15, 0.2) is 0 Å². The number of likely N-dealkylation sites (tertiary alicyclic amines) is 1. The van der Waals surface area contributed by atoms with Crippen molar-refractivity contribution in [2.45, 2.75) is 17.4 Å². The van der Waals surface area contributed by atoms with E-state index in [4.69, 9.17) is 5.73 Å². The summed E-state index contributed by atoms with van der Waals surface area (Å²) in [5, 5.41) is 0. The van der Waals surface area contributed by atoms with Gasteiger partial charge in [0.05, 0.1) is 4.90 Å². The maximum atomic E-state index is 12.2. The Morgan fingerprint density at radius 2 is 2.16 bits per heavy atom. The molecule has 3 N–H and O–H groups in total. The van der Waals surface area contributed by atoms with Crippen LogP contribution in [0.2, 0.25) is 0 Å². The summed E-state index contributed by atoms with van der Waals surface area (Å²) in [6.07, 6.45) is 0.467. The number of amides is 1. The van der Waals surface area contributed by atoms with E-state index < -0.39 is 16.1 Å². The van der Waals surface area contributed by atoms with Crippen LogP contribution in [0, 0.1) is 0 Å². The number of hydrogen-bond acceptors (Lipinski definition) is 4. The van der Waals surface area contributed by atoms with Gasteiger partial charge in [-0.2, -0.15) is 4.72 Å². The molecule has 1 atom stereocenters. The van der Waals surface area contributed by atoms with E-state index in [0.29, 0.717) is 23.1 Å². The summed E-state index contributed by atoms with van der Waals surface area (Å²) in [5.41, 5.74) is 5.94. The molecule has 1 aliphatic rings. The molecule has 8 heteroatoms. The van der Waals surface area contributed by atoms with E-state index in [1.54, 1.807) is 19.2 Å². The molecule has 104 valence electrons. The number of nitrogen functional groups attached to an aromatic ring is 1. The van der Waals surface area contributed by atoms with Crippen molar-refractivity contribution in [2.75, 3.05) is 19.3 Å². The number of nitrogens with two attached hydrogens (primary N) is 1. The lowest BCUT2D eigenvalue weighted by Crippen LogP contribution is -2.40. The number of carbonyl (C=O) groups is 1. The van der Waals surface area contributed by atoms with Crippen LogP contribution >= 0.6 is 15.9 Å². The molecule has 1 aromatic rings. The molecule has 2 rings (SSSR count). The molecule has 0 aromatic heterocycles. The molecule has 1 saturated heterocycles. The van der Waals surface area contributed by atoms with E-state index >= 15 is 0 Å². The molecule has 1 unspecified atom stereocenters. The zero-order chi connectivity index (χ0) is 14.2. The first-order valence-electron chi connectivity index (χ1n) is 5.63. The molecule has 0 radical (unpaired) electrons. The Morgan fingerprint density at radius 1 is 1.47 bits per heavy atom. The highest BCUT2D eigenvalue weighted by atomic mass is 79.9. The number of rotatable bonds is 3. The molecular weight excluding hydrogens is 334 g/mol. The van der Waals surface area contributed by atoms with Crippen molar-refractivity contribution in [3.63, 3.8) is 0 Å². The molecule has 1 aromatic carbocycles. The summed E-state index contributed by atoms with van der Waals surface area (Å²) < 4.78 is 27.3. The average Bonchev–Trinajstić information content (AvgIpc) is 2.63. The maximum Gasteiger partial charge on any atom is 0.242 e. The second-order valence-electron chi connectivity index (χ2n) is 4.41. The van der Waals surface area contributed by atoms with Crippen LogP contribution in [0.25, 0.3) is 0 Å². The molecule has 19 heavy (non-hydrogen) atoms. The third-order valence-electron chi connectivity index (χ3n) is 2.97. The van der Waals surface area contributed by atoms with Crippen LogP contribution in [-0.4, -0.2) is 38.9 Å². The highest BCUT2D eigenvalue weighted by molar-refractivity contribution is 9.10. The summed E-state index contributed by atoms with van der Waals surface area (Å²) in [4.78, 5) is 13.3. The van der Waals surface area contributed by atoms with Crippen molar-refractivity contribution in [1.29, 1.82) is 0 Å². The lowest BCUT2D eigenvalue weighted by Gasteiger charge is -2.14. The van der Waals surface area contributed by atoms with E-state index in [9.17, 15) is 13.2 Å². The summed E-state index contributed by atoms with van der Waals surface area (Å²) in [5.74, 6) is -0.219. The number of nitrogens with zero attached hydrogens (tertiary/aromatic N) is 1. The van der Waals surface area contributed by atoms with Crippen molar-refractivity contribution in [3.8, 4) is 0 Å². The number of carbonyl (C=O) groups excluding carboxylic acids is 1. The molecule has 1 fully saturated rings. The average molecular weight is 348 g/mol. The van der Waals surface area contributed by atoms with Gasteiger partial charge in [0.25, 0.3) is 0 Å². The third-order valence-corrected chi connectivity index (χ3v) is 5.44. The Balaban J connectivity index is 2.28. The van der Waals surface area contributed by atoms with Gasteiger partial charge in [-0.15, -0.1) is 0 Å². The van der Waals surface area contributed by atoms with E-state index in [2.05, 4.69) is 20.7 Å². The number of halogens is 1. The Kier molecular flexibility index (Phi) is 3.84. The van der Waals surface area contributed by atoms with Gasteiger partial charge in [-0.3, -0.25) is 4.79 Å². The second-order valence-corrected chi connectivity index (χ2v) is 6.95. The molecule has 0 bridgehead atoms. The number of anilines is 1. The normalized spacial score (nSPS) is 20.0. The van der Waals surface area contributed by atoms with Crippen LogP contribution in [0.15, 0.2) is 27.6 Å². The van der Waals surface area contributed by atoms with Gasteiger partial charge in [0.2, 0.25) is 15.9 Å². The number of benzene rings is 1. The first-order chi connectivity index (χ1) is 8.81. The second kappa shape index (κ2) is 5.10. The van der Waals surface area contributed by atoms with E-state index in [0.717, 1.165) is 0 Å². The fraction of sp³-hybridized carbons (Fsp3) is 0.364. The van der Waals surface area contributed by atoms with Gasteiger partial charge in [-0.1, -0.05) is 0 Å². The van der Waals surface area contributed by atoms with E-state index in [-0.39, 0.29) is 10.8 Å². The monoisotopic (exact) mass is 347 g/mol. The standard InChI is InChI=1S/C11H14BrN3O3S/c1-15-5-4-9(11(15)16)14-19(17,18)10-6-7(13)2-3-8(10)12/h2-3,6,9,14H,4-5,13H2,1H3. The van der Waals surface area contributed by atoms with Gasteiger partial charge in [0, 0.05) is 23.8 Å². The summed E-state index contributed by atoms with van der Waals surface area (Å²) >= 11 is 3.17. The Labute approximate surface area is 120 Å². The number of sulfonamides is 1. The fourth-order valence-electron chi connectivity index (χ4n) is 1.91. The van der Waals surface area contributed by atoms with Gasteiger partial charge < -0.3 is 10.6 Å². The Hall–Kier alpha value is -1.12. The summed E-state index contributed by atoms with van der Waals surface area (Å²) in [6.45, 7) is 0.546. The van der Waals surface area contributed by atoms with E-state index in [1.165, 1.54) is 11.0 Å². The molecule has 6 nitrogen and oxygen atoms in total. The zero-order valence-corrected chi connectivity index (χ0v) is 12.7.